The first kappa shape index (κ1) is 18.9. The number of aromatic nitrogens is 5. The molecule has 152 valence electrons. The number of anilines is 1. The lowest BCUT2D eigenvalue weighted by molar-refractivity contribution is 0.601. The van der Waals surface area contributed by atoms with Crippen LogP contribution in [-0.2, 0) is 10.0 Å². The van der Waals surface area contributed by atoms with Crippen LogP contribution in [0.2, 0.25) is 0 Å². The van der Waals surface area contributed by atoms with Crippen molar-refractivity contribution in [3.05, 3.63) is 85.8 Å². The number of nitrogens with zero attached hydrogens (tertiary/aromatic N) is 4. The topological polar surface area (TPSA) is 114 Å². The van der Waals surface area contributed by atoms with Crippen molar-refractivity contribution in [2.45, 2.75) is 4.90 Å². The van der Waals surface area contributed by atoms with Crippen LogP contribution in [0.1, 0.15) is 0 Å². The van der Waals surface area contributed by atoms with Crippen LogP contribution in [0.4, 0.5) is 5.69 Å². The molecule has 1 aromatic carbocycles. The van der Waals surface area contributed by atoms with E-state index in [2.05, 4.69) is 29.9 Å². The van der Waals surface area contributed by atoms with Gasteiger partial charge < -0.3 is 0 Å². The molecular formula is C22H16N6O2S. The molecule has 31 heavy (non-hydrogen) atoms. The molecule has 0 fully saturated rings. The SMILES string of the molecule is O=S(=O)(Nc1cncc(-c2ccc3nccc(-c4ccncc4)c3c2)c1)c1cn[nH]c1. The first-order chi connectivity index (χ1) is 15.1. The third kappa shape index (κ3) is 3.74. The minimum absolute atomic E-state index is 0.0525. The Labute approximate surface area is 178 Å². The molecule has 9 heteroatoms. The normalized spacial score (nSPS) is 11.5. The number of rotatable bonds is 5. The van der Waals surface area contributed by atoms with Gasteiger partial charge >= 0.3 is 0 Å². The van der Waals surface area contributed by atoms with Crippen LogP contribution >= 0.6 is 0 Å². The first-order valence-corrected chi connectivity index (χ1v) is 10.8. The molecule has 0 atom stereocenters. The van der Waals surface area contributed by atoms with E-state index in [0.29, 0.717) is 5.69 Å². The van der Waals surface area contributed by atoms with Gasteiger partial charge in [-0.15, -0.1) is 0 Å². The number of hydrogen-bond acceptors (Lipinski definition) is 6. The Bertz CT molecular complexity index is 1470. The molecule has 5 aromatic rings. The molecule has 4 heterocycles. The zero-order valence-electron chi connectivity index (χ0n) is 16.1. The first-order valence-electron chi connectivity index (χ1n) is 9.36. The molecule has 5 rings (SSSR count). The van der Waals surface area contributed by atoms with Gasteiger partial charge in [-0.1, -0.05) is 6.07 Å². The van der Waals surface area contributed by atoms with E-state index in [1.54, 1.807) is 30.9 Å². The van der Waals surface area contributed by atoms with Crippen molar-refractivity contribution < 1.29 is 8.42 Å². The molecular weight excluding hydrogens is 412 g/mol. The van der Waals surface area contributed by atoms with Gasteiger partial charge in [0.1, 0.15) is 4.90 Å². The molecule has 4 aromatic heterocycles. The molecule has 0 aliphatic rings. The molecule has 2 N–H and O–H groups in total. The predicted octanol–water partition coefficient (Wildman–Crippen LogP) is 3.88. The van der Waals surface area contributed by atoms with Crippen LogP contribution in [0.3, 0.4) is 0 Å². The quantitative estimate of drug-likeness (QED) is 0.439. The number of aromatic amines is 1. The number of hydrogen-bond donors (Lipinski definition) is 2. The highest BCUT2D eigenvalue weighted by Gasteiger charge is 2.16. The Morgan fingerprint density at radius 1 is 0.806 bits per heavy atom. The number of pyridine rings is 3. The van der Waals surface area contributed by atoms with Crippen molar-refractivity contribution in [1.82, 2.24) is 25.1 Å². The van der Waals surface area contributed by atoms with Crippen molar-refractivity contribution >= 4 is 26.6 Å². The zero-order chi connectivity index (χ0) is 21.3. The molecule has 0 saturated heterocycles. The van der Waals surface area contributed by atoms with Crippen molar-refractivity contribution in [2.75, 3.05) is 4.72 Å². The number of nitrogens with one attached hydrogen (secondary N) is 2. The molecule has 0 aliphatic heterocycles. The van der Waals surface area contributed by atoms with Crippen LogP contribution in [0.5, 0.6) is 0 Å². The third-order valence-electron chi connectivity index (χ3n) is 4.84. The molecule has 0 aliphatic carbocycles. The average molecular weight is 428 g/mol. The van der Waals surface area contributed by atoms with Gasteiger partial charge in [-0.3, -0.25) is 24.8 Å². The lowest BCUT2D eigenvalue weighted by Crippen LogP contribution is -2.12. The monoisotopic (exact) mass is 428 g/mol. The van der Waals surface area contributed by atoms with Crippen LogP contribution < -0.4 is 4.72 Å². The second-order valence-electron chi connectivity index (χ2n) is 6.83. The Balaban J connectivity index is 1.55. The summed E-state index contributed by atoms with van der Waals surface area (Å²) in [7, 11) is -3.75. The maximum absolute atomic E-state index is 12.5. The Morgan fingerprint density at radius 2 is 1.68 bits per heavy atom. The highest BCUT2D eigenvalue weighted by Crippen LogP contribution is 2.31. The van der Waals surface area contributed by atoms with Crippen LogP contribution in [-0.4, -0.2) is 33.6 Å². The fraction of sp³-hybridized carbons (Fsp3) is 0. The summed E-state index contributed by atoms with van der Waals surface area (Å²) in [6.07, 6.45) is 11.0. The molecule has 0 spiro atoms. The predicted molar refractivity (Wildman–Crippen MR) is 118 cm³/mol. The van der Waals surface area contributed by atoms with Gasteiger partial charge in [-0.2, -0.15) is 5.10 Å². The lowest BCUT2D eigenvalue weighted by atomic mass is 9.98. The van der Waals surface area contributed by atoms with E-state index in [4.69, 9.17) is 0 Å². The Morgan fingerprint density at radius 3 is 2.48 bits per heavy atom. The summed E-state index contributed by atoms with van der Waals surface area (Å²) >= 11 is 0. The fourth-order valence-corrected chi connectivity index (χ4v) is 4.30. The molecule has 0 unspecified atom stereocenters. The Kier molecular flexibility index (Phi) is 4.64. The van der Waals surface area contributed by atoms with Crippen molar-refractivity contribution in [1.29, 1.82) is 0 Å². The summed E-state index contributed by atoms with van der Waals surface area (Å²) in [5.74, 6) is 0. The van der Waals surface area contributed by atoms with Crippen molar-refractivity contribution in [3.63, 3.8) is 0 Å². The van der Waals surface area contributed by atoms with Gasteiger partial charge in [0, 0.05) is 41.9 Å². The number of fused-ring (bicyclic) bond motifs is 1. The van der Waals surface area contributed by atoms with Gasteiger partial charge in [0.05, 0.1) is 23.6 Å². The highest BCUT2D eigenvalue weighted by atomic mass is 32.2. The largest absolute Gasteiger partial charge is 0.284 e. The van der Waals surface area contributed by atoms with Crippen LogP contribution in [0.25, 0.3) is 33.2 Å². The smallest absolute Gasteiger partial charge is 0.265 e. The molecule has 8 nitrogen and oxygen atoms in total. The molecule has 0 bridgehead atoms. The maximum atomic E-state index is 12.5. The van der Waals surface area contributed by atoms with E-state index < -0.39 is 10.0 Å². The molecule has 0 saturated carbocycles. The third-order valence-corrected chi connectivity index (χ3v) is 6.19. The van der Waals surface area contributed by atoms with Gasteiger partial charge in [-0.25, -0.2) is 8.42 Å². The van der Waals surface area contributed by atoms with E-state index >= 15 is 0 Å². The Hall–Kier alpha value is -4.11. The standard InChI is InChI=1S/C22H16N6O2S/c29-31(30,19-13-26-27-14-19)28-18-9-17(11-24-12-18)16-1-2-22-21(10-16)20(5-8-25-22)15-3-6-23-7-4-15/h1-14,28H,(H,26,27). The van der Waals surface area contributed by atoms with E-state index in [1.165, 1.54) is 18.6 Å². The van der Waals surface area contributed by atoms with E-state index in [9.17, 15) is 8.42 Å². The molecule has 0 amide bonds. The minimum atomic E-state index is -3.75. The summed E-state index contributed by atoms with van der Waals surface area (Å²) in [5, 5.41) is 7.17. The second kappa shape index (κ2) is 7.62. The van der Waals surface area contributed by atoms with E-state index in [0.717, 1.165) is 33.2 Å². The van der Waals surface area contributed by atoms with Gasteiger partial charge in [0.25, 0.3) is 10.0 Å². The van der Waals surface area contributed by atoms with E-state index in [-0.39, 0.29) is 4.90 Å². The number of sulfonamides is 1. The summed E-state index contributed by atoms with van der Waals surface area (Å²) < 4.78 is 27.5. The summed E-state index contributed by atoms with van der Waals surface area (Å²) in [5.41, 5.74) is 4.98. The van der Waals surface area contributed by atoms with Crippen LogP contribution in [0.15, 0.2) is 90.7 Å². The highest BCUT2D eigenvalue weighted by molar-refractivity contribution is 7.92. The van der Waals surface area contributed by atoms with Gasteiger partial charge in [-0.05, 0) is 53.1 Å². The average Bonchev–Trinajstić information content (AvgIpc) is 3.35. The zero-order valence-corrected chi connectivity index (χ0v) is 16.9. The minimum Gasteiger partial charge on any atom is -0.284 e. The fourth-order valence-electron chi connectivity index (χ4n) is 3.36. The van der Waals surface area contributed by atoms with Crippen LogP contribution in [0, 0.1) is 0 Å². The second-order valence-corrected chi connectivity index (χ2v) is 8.51. The van der Waals surface area contributed by atoms with Crippen molar-refractivity contribution in [3.8, 4) is 22.3 Å². The van der Waals surface area contributed by atoms with E-state index in [1.807, 2.05) is 36.4 Å². The number of H-pyrrole nitrogens is 1. The lowest BCUT2D eigenvalue weighted by Gasteiger charge is -2.10. The maximum Gasteiger partial charge on any atom is 0.265 e. The summed E-state index contributed by atoms with van der Waals surface area (Å²) in [6.45, 7) is 0. The van der Waals surface area contributed by atoms with Gasteiger partial charge in [0.2, 0.25) is 0 Å². The number of benzene rings is 1. The summed E-state index contributed by atoms with van der Waals surface area (Å²) in [4.78, 5) is 12.8. The van der Waals surface area contributed by atoms with Gasteiger partial charge in [0.15, 0.2) is 0 Å². The molecule has 0 radical (unpaired) electrons. The summed E-state index contributed by atoms with van der Waals surface area (Å²) in [6, 6.07) is 13.5. The van der Waals surface area contributed by atoms with Crippen molar-refractivity contribution in [2.24, 2.45) is 0 Å².